The second-order valence-electron chi connectivity index (χ2n) is 5.09. The summed E-state index contributed by atoms with van der Waals surface area (Å²) in [5.41, 5.74) is 1.35. The van der Waals surface area contributed by atoms with E-state index in [-0.39, 0.29) is 21.8 Å². The normalized spacial score (nSPS) is 10.4. The number of rotatable bonds is 7. The van der Waals surface area contributed by atoms with Crippen molar-refractivity contribution in [3.05, 3.63) is 57.8 Å². The first-order chi connectivity index (χ1) is 11.1. The zero-order valence-electron chi connectivity index (χ0n) is 12.8. The highest BCUT2D eigenvalue weighted by Crippen LogP contribution is 2.16. The number of unbranched alkanes of at least 4 members (excludes halogenated alkanes) is 1. The third-order valence-electron chi connectivity index (χ3n) is 3.17. The van der Waals surface area contributed by atoms with Crippen molar-refractivity contribution in [3.8, 4) is 5.75 Å². The lowest BCUT2D eigenvalue weighted by atomic mass is 10.2. The van der Waals surface area contributed by atoms with Crippen LogP contribution < -0.4 is 10.1 Å². The summed E-state index contributed by atoms with van der Waals surface area (Å²) in [7, 11) is 0. The van der Waals surface area contributed by atoms with E-state index in [0.717, 1.165) is 18.6 Å². The molecule has 1 N–H and O–H groups in total. The number of hydrogen-bond donors (Lipinski definition) is 1. The second kappa shape index (κ2) is 8.75. The molecule has 1 aromatic carbocycles. The van der Waals surface area contributed by atoms with Crippen LogP contribution in [-0.4, -0.2) is 24.0 Å². The summed E-state index contributed by atoms with van der Waals surface area (Å²) < 4.78 is 5.62. The van der Waals surface area contributed by atoms with Crippen LogP contribution in [0.15, 0.2) is 36.4 Å². The highest BCUT2D eigenvalue weighted by atomic mass is 35.5. The molecule has 0 radical (unpaired) electrons. The molecule has 0 bridgehead atoms. The Kier molecular flexibility index (Phi) is 6.68. The standard InChI is InChI=1S/C17H18Cl2N2O2/c1-12-4-6-13(7-5-12)23-11-3-2-10-20-17(22)16-14(18)8-9-15(19)21-16/h4-9H,2-3,10-11H2,1H3,(H,20,22). The van der Waals surface area contributed by atoms with Crippen LogP contribution in [0.2, 0.25) is 10.2 Å². The maximum Gasteiger partial charge on any atom is 0.271 e. The maximum atomic E-state index is 12.0. The van der Waals surface area contributed by atoms with Gasteiger partial charge in [0.25, 0.3) is 5.91 Å². The number of carbonyl (C=O) groups excluding carboxylic acids is 1. The molecule has 23 heavy (non-hydrogen) atoms. The predicted molar refractivity (Wildman–Crippen MR) is 92.5 cm³/mol. The lowest BCUT2D eigenvalue weighted by Gasteiger charge is -2.08. The van der Waals surface area contributed by atoms with Crippen LogP contribution in [-0.2, 0) is 0 Å². The lowest BCUT2D eigenvalue weighted by molar-refractivity contribution is 0.0947. The SMILES string of the molecule is Cc1ccc(OCCCCNC(=O)c2nc(Cl)ccc2Cl)cc1. The largest absolute Gasteiger partial charge is 0.494 e. The van der Waals surface area contributed by atoms with Crippen molar-refractivity contribution in [1.29, 1.82) is 0 Å². The molecule has 1 amide bonds. The van der Waals surface area contributed by atoms with Crippen molar-refractivity contribution in [2.24, 2.45) is 0 Å². The van der Waals surface area contributed by atoms with Gasteiger partial charge in [0.1, 0.15) is 16.6 Å². The Bertz CT molecular complexity index is 660. The van der Waals surface area contributed by atoms with Crippen LogP contribution in [0.3, 0.4) is 0 Å². The third-order valence-corrected chi connectivity index (χ3v) is 3.69. The van der Waals surface area contributed by atoms with Crippen molar-refractivity contribution in [2.75, 3.05) is 13.2 Å². The van der Waals surface area contributed by atoms with Crippen LogP contribution >= 0.6 is 23.2 Å². The minimum absolute atomic E-state index is 0.148. The smallest absolute Gasteiger partial charge is 0.271 e. The average molecular weight is 353 g/mol. The van der Waals surface area contributed by atoms with Gasteiger partial charge in [-0.3, -0.25) is 4.79 Å². The fourth-order valence-electron chi connectivity index (χ4n) is 1.91. The van der Waals surface area contributed by atoms with Gasteiger partial charge in [0.2, 0.25) is 0 Å². The minimum atomic E-state index is -0.322. The number of carbonyl (C=O) groups is 1. The van der Waals surface area contributed by atoms with Gasteiger partial charge in [-0.1, -0.05) is 40.9 Å². The van der Waals surface area contributed by atoms with Crippen molar-refractivity contribution in [1.82, 2.24) is 10.3 Å². The Labute approximate surface area is 145 Å². The van der Waals surface area contributed by atoms with Gasteiger partial charge in [-0.25, -0.2) is 4.98 Å². The Morgan fingerprint density at radius 3 is 2.61 bits per heavy atom. The van der Waals surface area contributed by atoms with Crippen LogP contribution in [0, 0.1) is 6.92 Å². The van der Waals surface area contributed by atoms with Gasteiger partial charge >= 0.3 is 0 Å². The van der Waals surface area contributed by atoms with Gasteiger partial charge in [-0.05, 0) is 44.0 Å². The van der Waals surface area contributed by atoms with Crippen molar-refractivity contribution in [2.45, 2.75) is 19.8 Å². The number of aromatic nitrogens is 1. The van der Waals surface area contributed by atoms with E-state index in [2.05, 4.69) is 10.3 Å². The molecule has 0 aliphatic rings. The van der Waals surface area contributed by atoms with E-state index in [9.17, 15) is 4.79 Å². The number of nitrogens with one attached hydrogen (secondary N) is 1. The predicted octanol–water partition coefficient (Wildman–Crippen LogP) is 4.29. The number of ether oxygens (including phenoxy) is 1. The monoisotopic (exact) mass is 352 g/mol. The summed E-state index contributed by atoms with van der Waals surface area (Å²) >= 11 is 11.7. The molecule has 0 spiro atoms. The molecule has 0 aliphatic heterocycles. The number of hydrogen-bond acceptors (Lipinski definition) is 3. The second-order valence-corrected chi connectivity index (χ2v) is 5.88. The zero-order chi connectivity index (χ0) is 16.7. The van der Waals surface area contributed by atoms with Crippen LogP contribution in [0.4, 0.5) is 0 Å². The Balaban J connectivity index is 1.66. The number of aryl methyl sites for hydroxylation is 1. The molecule has 0 saturated heterocycles. The fourth-order valence-corrected chi connectivity index (χ4v) is 2.25. The Morgan fingerprint density at radius 2 is 1.87 bits per heavy atom. The van der Waals surface area contributed by atoms with Gasteiger partial charge in [0, 0.05) is 6.54 Å². The van der Waals surface area contributed by atoms with E-state index in [1.807, 2.05) is 31.2 Å². The third kappa shape index (κ3) is 5.73. The summed E-state index contributed by atoms with van der Waals surface area (Å²) in [6.07, 6.45) is 1.64. The molecule has 2 aromatic rings. The van der Waals surface area contributed by atoms with Gasteiger partial charge < -0.3 is 10.1 Å². The van der Waals surface area contributed by atoms with E-state index in [1.165, 1.54) is 5.56 Å². The summed E-state index contributed by atoms with van der Waals surface area (Å²) in [6, 6.07) is 11.0. The number of nitrogens with zero attached hydrogens (tertiary/aromatic N) is 1. The molecule has 1 aromatic heterocycles. The topological polar surface area (TPSA) is 51.2 Å². The van der Waals surface area contributed by atoms with E-state index in [0.29, 0.717) is 13.2 Å². The first kappa shape index (κ1) is 17.6. The molecule has 122 valence electrons. The molecule has 2 rings (SSSR count). The highest BCUT2D eigenvalue weighted by molar-refractivity contribution is 6.34. The molecule has 6 heteroatoms. The average Bonchev–Trinajstić information content (AvgIpc) is 2.54. The van der Waals surface area contributed by atoms with E-state index >= 15 is 0 Å². The van der Waals surface area contributed by atoms with Crippen LogP contribution in [0.25, 0.3) is 0 Å². The Hall–Kier alpha value is -1.78. The summed E-state index contributed by atoms with van der Waals surface area (Å²) in [5.74, 6) is 0.534. The first-order valence-corrected chi connectivity index (χ1v) is 8.11. The molecular formula is C17H18Cl2N2O2. The molecule has 0 atom stereocenters. The van der Waals surface area contributed by atoms with E-state index in [4.69, 9.17) is 27.9 Å². The van der Waals surface area contributed by atoms with Crippen LogP contribution in [0.5, 0.6) is 5.75 Å². The lowest BCUT2D eigenvalue weighted by Crippen LogP contribution is -2.26. The minimum Gasteiger partial charge on any atom is -0.494 e. The number of pyridine rings is 1. The Morgan fingerprint density at radius 1 is 1.13 bits per heavy atom. The fraction of sp³-hybridized carbons (Fsp3) is 0.294. The first-order valence-electron chi connectivity index (χ1n) is 7.36. The molecule has 0 saturated carbocycles. The van der Waals surface area contributed by atoms with Gasteiger partial charge in [-0.15, -0.1) is 0 Å². The van der Waals surface area contributed by atoms with E-state index < -0.39 is 0 Å². The summed E-state index contributed by atoms with van der Waals surface area (Å²) in [5, 5.41) is 3.30. The summed E-state index contributed by atoms with van der Waals surface area (Å²) in [4.78, 5) is 15.9. The molecule has 4 nitrogen and oxygen atoms in total. The maximum absolute atomic E-state index is 12.0. The van der Waals surface area contributed by atoms with Crippen molar-refractivity contribution < 1.29 is 9.53 Å². The molecule has 0 unspecified atom stereocenters. The molecule has 0 fully saturated rings. The van der Waals surface area contributed by atoms with Gasteiger partial charge in [-0.2, -0.15) is 0 Å². The van der Waals surface area contributed by atoms with E-state index in [1.54, 1.807) is 12.1 Å². The summed E-state index contributed by atoms with van der Waals surface area (Å²) in [6.45, 7) is 3.17. The van der Waals surface area contributed by atoms with Crippen molar-refractivity contribution in [3.63, 3.8) is 0 Å². The highest BCUT2D eigenvalue weighted by Gasteiger charge is 2.12. The van der Waals surface area contributed by atoms with Crippen LogP contribution in [0.1, 0.15) is 28.9 Å². The van der Waals surface area contributed by atoms with Gasteiger partial charge in [0.05, 0.1) is 11.6 Å². The number of amides is 1. The molecule has 1 heterocycles. The zero-order valence-corrected chi connectivity index (χ0v) is 14.3. The number of halogens is 2. The number of benzene rings is 1. The molecular weight excluding hydrogens is 335 g/mol. The molecule has 0 aliphatic carbocycles. The van der Waals surface area contributed by atoms with Crippen molar-refractivity contribution >= 4 is 29.1 Å². The quantitative estimate of drug-likeness (QED) is 0.597. The van der Waals surface area contributed by atoms with Gasteiger partial charge in [0.15, 0.2) is 0 Å².